The van der Waals surface area contributed by atoms with Crippen LogP contribution in [0, 0.1) is 6.92 Å². The summed E-state index contributed by atoms with van der Waals surface area (Å²) in [6.07, 6.45) is 1.22. The van der Waals surface area contributed by atoms with E-state index in [1.54, 1.807) is 25.1 Å². The van der Waals surface area contributed by atoms with Crippen LogP contribution in [-0.2, 0) is 6.61 Å². The minimum Gasteiger partial charge on any atom is -0.494 e. The second-order valence-corrected chi connectivity index (χ2v) is 4.13. The Balaban J connectivity index is 2.18. The van der Waals surface area contributed by atoms with Crippen LogP contribution in [0.2, 0.25) is 0 Å². The van der Waals surface area contributed by atoms with Gasteiger partial charge in [-0.2, -0.15) is 0 Å². The number of aryl methyl sites for hydroxylation is 1. The molecule has 106 valence electrons. The molecule has 1 amide bonds. The van der Waals surface area contributed by atoms with Gasteiger partial charge < -0.3 is 19.6 Å². The second-order valence-electron chi connectivity index (χ2n) is 4.13. The van der Waals surface area contributed by atoms with Crippen molar-refractivity contribution in [3.8, 4) is 5.75 Å². The molecule has 2 N–H and O–H groups in total. The van der Waals surface area contributed by atoms with E-state index in [-0.39, 0.29) is 18.3 Å². The maximum Gasteiger partial charge on any atom is 0.293 e. The Morgan fingerprint density at radius 2 is 2.30 bits per heavy atom. The monoisotopic (exact) mass is 276 g/mol. The van der Waals surface area contributed by atoms with E-state index >= 15 is 0 Å². The van der Waals surface area contributed by atoms with Crippen molar-refractivity contribution in [2.75, 3.05) is 11.9 Å². The largest absolute Gasteiger partial charge is 0.494 e. The smallest absolute Gasteiger partial charge is 0.293 e. The molecule has 0 bridgehead atoms. The van der Waals surface area contributed by atoms with Crippen LogP contribution in [-0.4, -0.2) is 22.6 Å². The molecule has 6 heteroatoms. The van der Waals surface area contributed by atoms with Crippen molar-refractivity contribution in [3.05, 3.63) is 41.6 Å². The fraction of sp³-hybridized carbons (Fsp3) is 0.286. The number of aliphatic hydroxyl groups is 1. The van der Waals surface area contributed by atoms with Crippen molar-refractivity contribution in [2.24, 2.45) is 0 Å². The van der Waals surface area contributed by atoms with Gasteiger partial charge in [0.05, 0.1) is 18.9 Å². The number of aromatic nitrogens is 1. The van der Waals surface area contributed by atoms with Gasteiger partial charge in [0, 0.05) is 11.3 Å². The number of benzene rings is 1. The first-order chi connectivity index (χ1) is 9.65. The number of carbonyl (C=O) groups is 1. The van der Waals surface area contributed by atoms with Gasteiger partial charge in [-0.15, -0.1) is 0 Å². The minimum absolute atomic E-state index is 0.166. The number of hydrogen-bond acceptors (Lipinski definition) is 5. The quantitative estimate of drug-likeness (QED) is 0.873. The molecule has 0 atom stereocenters. The molecule has 0 fully saturated rings. The zero-order valence-electron chi connectivity index (χ0n) is 11.3. The fourth-order valence-corrected chi connectivity index (χ4v) is 1.78. The molecule has 0 aliphatic rings. The van der Waals surface area contributed by atoms with Crippen LogP contribution in [0.3, 0.4) is 0 Å². The minimum atomic E-state index is -0.381. The Kier molecular flexibility index (Phi) is 4.37. The molecule has 1 aromatic heterocycles. The van der Waals surface area contributed by atoms with Crippen LogP contribution < -0.4 is 10.1 Å². The maximum atomic E-state index is 12.0. The molecule has 0 unspecified atom stereocenters. The third kappa shape index (κ3) is 2.97. The number of amides is 1. The average Bonchev–Trinajstić information content (AvgIpc) is 2.87. The lowest BCUT2D eigenvalue weighted by atomic mass is 10.2. The van der Waals surface area contributed by atoms with Crippen molar-refractivity contribution in [3.63, 3.8) is 0 Å². The number of carbonyl (C=O) groups excluding carboxylic acids is 1. The first-order valence-electron chi connectivity index (χ1n) is 6.23. The molecule has 20 heavy (non-hydrogen) atoms. The van der Waals surface area contributed by atoms with Gasteiger partial charge in [-0.05, 0) is 32.0 Å². The number of ether oxygens (including phenoxy) is 1. The normalized spacial score (nSPS) is 10.3. The molecule has 0 aliphatic carbocycles. The molecule has 0 aliphatic heterocycles. The van der Waals surface area contributed by atoms with E-state index in [9.17, 15) is 9.90 Å². The van der Waals surface area contributed by atoms with Gasteiger partial charge >= 0.3 is 0 Å². The molecule has 2 aromatic rings. The zero-order chi connectivity index (χ0) is 14.5. The van der Waals surface area contributed by atoms with Crippen LogP contribution in [0.15, 0.2) is 29.0 Å². The molecule has 2 rings (SSSR count). The SMILES string of the molecule is CCOc1ccc(NC(=O)c2ocnc2C)cc1CO. The summed E-state index contributed by atoms with van der Waals surface area (Å²) in [7, 11) is 0. The van der Waals surface area contributed by atoms with Crippen molar-refractivity contribution >= 4 is 11.6 Å². The summed E-state index contributed by atoms with van der Waals surface area (Å²) in [5, 5.41) is 12.0. The van der Waals surface area contributed by atoms with E-state index in [0.29, 0.717) is 29.3 Å². The number of aliphatic hydroxyl groups excluding tert-OH is 1. The number of nitrogens with zero attached hydrogens (tertiary/aromatic N) is 1. The van der Waals surface area contributed by atoms with Gasteiger partial charge in [0.2, 0.25) is 5.76 Å². The Bertz CT molecular complexity index is 607. The third-order valence-corrected chi connectivity index (χ3v) is 2.74. The van der Waals surface area contributed by atoms with Gasteiger partial charge in [-0.3, -0.25) is 4.79 Å². The standard InChI is InChI=1S/C14H16N2O4/c1-3-19-12-5-4-11(6-10(12)7-17)16-14(18)13-9(2)15-8-20-13/h4-6,8,17H,3,7H2,1-2H3,(H,16,18). The summed E-state index contributed by atoms with van der Waals surface area (Å²) in [4.78, 5) is 15.8. The van der Waals surface area contributed by atoms with E-state index < -0.39 is 0 Å². The van der Waals surface area contributed by atoms with Crippen molar-refractivity contribution in [1.29, 1.82) is 0 Å². The predicted molar refractivity (Wildman–Crippen MR) is 72.7 cm³/mol. The fourth-order valence-electron chi connectivity index (χ4n) is 1.78. The summed E-state index contributed by atoms with van der Waals surface area (Å²) in [6, 6.07) is 5.07. The summed E-state index contributed by atoms with van der Waals surface area (Å²) < 4.78 is 10.4. The number of oxazole rings is 1. The summed E-state index contributed by atoms with van der Waals surface area (Å²) in [5.41, 5.74) is 1.69. The van der Waals surface area contributed by atoms with E-state index in [2.05, 4.69) is 10.3 Å². The number of hydrogen-bond donors (Lipinski definition) is 2. The summed E-state index contributed by atoms with van der Waals surface area (Å²) in [6.45, 7) is 3.90. The molecule has 0 spiro atoms. The molecule has 0 radical (unpaired) electrons. The number of rotatable bonds is 5. The van der Waals surface area contributed by atoms with Gasteiger partial charge in [-0.1, -0.05) is 0 Å². The highest BCUT2D eigenvalue weighted by Crippen LogP contribution is 2.23. The Labute approximate surface area is 116 Å². The van der Waals surface area contributed by atoms with Crippen molar-refractivity contribution in [1.82, 2.24) is 4.98 Å². The molecule has 1 aromatic carbocycles. The summed E-state index contributed by atoms with van der Waals surface area (Å²) in [5.74, 6) is 0.390. The molecule has 0 saturated heterocycles. The zero-order valence-corrected chi connectivity index (χ0v) is 11.3. The molecular weight excluding hydrogens is 260 g/mol. The number of anilines is 1. The maximum absolute atomic E-state index is 12.0. The second kappa shape index (κ2) is 6.21. The highest BCUT2D eigenvalue weighted by Gasteiger charge is 2.14. The van der Waals surface area contributed by atoms with Gasteiger partial charge in [0.15, 0.2) is 6.39 Å². The van der Waals surface area contributed by atoms with Crippen molar-refractivity contribution < 1.29 is 19.1 Å². The summed E-state index contributed by atoms with van der Waals surface area (Å²) >= 11 is 0. The van der Waals surface area contributed by atoms with Crippen LogP contribution in [0.5, 0.6) is 5.75 Å². The van der Waals surface area contributed by atoms with Gasteiger partial charge in [0.25, 0.3) is 5.91 Å². The Morgan fingerprint density at radius 1 is 1.50 bits per heavy atom. The van der Waals surface area contributed by atoms with Gasteiger partial charge in [0.1, 0.15) is 5.75 Å². The average molecular weight is 276 g/mol. The first-order valence-corrected chi connectivity index (χ1v) is 6.23. The third-order valence-electron chi connectivity index (χ3n) is 2.74. The molecular formula is C14H16N2O4. The van der Waals surface area contributed by atoms with Crippen LogP contribution in [0.4, 0.5) is 5.69 Å². The van der Waals surface area contributed by atoms with E-state index in [1.807, 2.05) is 6.92 Å². The van der Waals surface area contributed by atoms with E-state index in [1.165, 1.54) is 6.39 Å². The van der Waals surface area contributed by atoms with Crippen LogP contribution in [0.1, 0.15) is 28.7 Å². The topological polar surface area (TPSA) is 84.6 Å². The lowest BCUT2D eigenvalue weighted by Gasteiger charge is -2.11. The van der Waals surface area contributed by atoms with E-state index in [4.69, 9.17) is 9.15 Å². The van der Waals surface area contributed by atoms with Crippen LogP contribution >= 0.6 is 0 Å². The highest BCUT2D eigenvalue weighted by molar-refractivity contribution is 6.02. The lowest BCUT2D eigenvalue weighted by Crippen LogP contribution is -2.12. The predicted octanol–water partition coefficient (Wildman–Crippen LogP) is 2.13. The highest BCUT2D eigenvalue weighted by atomic mass is 16.5. The van der Waals surface area contributed by atoms with Crippen molar-refractivity contribution in [2.45, 2.75) is 20.5 Å². The Hall–Kier alpha value is -2.34. The molecule has 1 heterocycles. The Morgan fingerprint density at radius 3 is 2.90 bits per heavy atom. The number of nitrogens with one attached hydrogen (secondary N) is 1. The molecule has 6 nitrogen and oxygen atoms in total. The van der Waals surface area contributed by atoms with Crippen LogP contribution in [0.25, 0.3) is 0 Å². The van der Waals surface area contributed by atoms with Gasteiger partial charge in [-0.25, -0.2) is 4.98 Å². The lowest BCUT2D eigenvalue weighted by molar-refractivity contribution is 0.0996. The first kappa shape index (κ1) is 14.1. The molecule has 0 saturated carbocycles. The van der Waals surface area contributed by atoms with E-state index in [0.717, 1.165) is 0 Å².